The summed E-state index contributed by atoms with van der Waals surface area (Å²) >= 11 is 0. The largest absolute Gasteiger partial charge is 0.456 e. The summed E-state index contributed by atoms with van der Waals surface area (Å²) < 4.78 is 7.22. The van der Waals surface area contributed by atoms with Gasteiger partial charge in [-0.15, -0.1) is 0 Å². The summed E-state index contributed by atoms with van der Waals surface area (Å²) in [5.41, 5.74) is 25.1. The van der Waals surface area contributed by atoms with Gasteiger partial charge in [-0.3, -0.25) is 0 Å². The van der Waals surface area contributed by atoms with E-state index in [9.17, 15) is 0 Å². The van der Waals surface area contributed by atoms with Gasteiger partial charge in [0.25, 0.3) is 0 Å². The van der Waals surface area contributed by atoms with Crippen LogP contribution in [0.4, 0.5) is 0 Å². The van der Waals surface area contributed by atoms with Crippen LogP contribution in [-0.4, -0.2) is 0 Å². The molecule has 0 radical (unpaired) electrons. The lowest BCUT2D eigenvalue weighted by Crippen LogP contribution is -1.89. The van der Waals surface area contributed by atoms with E-state index >= 15 is 0 Å². The number of fused-ring (bicyclic) bond motifs is 1. The second kappa shape index (κ2) is 20.3. The van der Waals surface area contributed by atoms with E-state index in [1.54, 1.807) is 0 Å². The first-order valence-corrected chi connectivity index (χ1v) is 27.9. The molecular formula is C80H52O. The highest BCUT2D eigenvalue weighted by Crippen LogP contribution is 2.45. The van der Waals surface area contributed by atoms with Crippen molar-refractivity contribution in [3.8, 4) is 111 Å². The normalized spacial score (nSPS) is 11.5. The van der Waals surface area contributed by atoms with Crippen molar-refractivity contribution in [1.82, 2.24) is 0 Å². The van der Waals surface area contributed by atoms with Crippen LogP contribution < -0.4 is 0 Å². The van der Waals surface area contributed by atoms with Gasteiger partial charge in [-0.1, -0.05) is 243 Å². The van der Waals surface area contributed by atoms with E-state index in [4.69, 9.17) is 4.42 Å². The zero-order valence-electron chi connectivity index (χ0n) is 44.4. The molecular weight excluding hydrogens is 977 g/mol. The molecule has 0 aliphatic carbocycles. The smallest absolute Gasteiger partial charge is 0.135 e. The Morgan fingerprint density at radius 2 is 0.370 bits per heavy atom. The molecule has 0 fully saturated rings. The van der Waals surface area contributed by atoms with Crippen LogP contribution in [0, 0.1) is 0 Å². The zero-order valence-corrected chi connectivity index (χ0v) is 44.4. The predicted molar refractivity (Wildman–Crippen MR) is 343 cm³/mol. The zero-order chi connectivity index (χ0) is 53.6. The first kappa shape index (κ1) is 47.6. The van der Waals surface area contributed by atoms with Gasteiger partial charge in [-0.2, -0.15) is 0 Å². The fourth-order valence-electron chi connectivity index (χ4n) is 12.3. The standard InChI is InChI=1S/C80H52O/c1-5-19-53(20-6-1)57-27-13-31-61(43-57)65-47-66(62-32-14-28-58(44-62)54-21-7-2-8-22-54)50-69(49-65)71-39-41-77-79-73(71)35-17-37-75(79)76-38-18-36-74-72(40-42-78(81-77)80(74)76)70-51-67(63-33-15-29-59(45-63)55-23-9-3-10-24-55)48-68(52-70)64-34-16-30-60(46-64)56-25-11-4-12-26-56/h1-52H. The Morgan fingerprint density at radius 1 is 0.148 bits per heavy atom. The molecule has 0 unspecified atom stereocenters. The molecule has 15 aromatic rings. The molecule has 0 aliphatic rings. The molecule has 1 heteroatoms. The lowest BCUT2D eigenvalue weighted by atomic mass is 9.88. The maximum absolute atomic E-state index is 7.22. The quantitative estimate of drug-likeness (QED) is 0.133. The highest BCUT2D eigenvalue weighted by molar-refractivity contribution is 6.26. The molecule has 378 valence electrons. The fraction of sp³-hybridized carbons (Fsp3) is 0. The van der Waals surface area contributed by atoms with Crippen molar-refractivity contribution in [3.63, 3.8) is 0 Å². The molecule has 0 aliphatic heterocycles. The summed E-state index contributed by atoms with van der Waals surface area (Å²) in [6.45, 7) is 0. The molecule has 1 heterocycles. The number of benzene rings is 14. The Bertz CT molecular complexity index is 4330. The molecule has 0 saturated carbocycles. The topological polar surface area (TPSA) is 13.1 Å². The van der Waals surface area contributed by atoms with Gasteiger partial charge in [-0.05, 0) is 206 Å². The van der Waals surface area contributed by atoms with E-state index in [1.807, 2.05) is 0 Å². The van der Waals surface area contributed by atoms with E-state index in [0.29, 0.717) is 0 Å². The SMILES string of the molecule is c1ccc(-c2cccc(-c3cc(-c4cccc(-c5ccccc5)c4)cc(-c4ccc5oc6ccc(-c7cc(-c8cccc(-c9ccccc9)c8)cc(-c8cccc(-c9ccccc9)c8)c7)c7cccc(c8cccc4c58)c67)c3)c2)cc1. The van der Waals surface area contributed by atoms with E-state index in [0.717, 1.165) is 88.0 Å². The Kier molecular flexibility index (Phi) is 11.9. The van der Waals surface area contributed by atoms with Gasteiger partial charge in [0, 0.05) is 10.8 Å². The van der Waals surface area contributed by atoms with Gasteiger partial charge in [0.1, 0.15) is 11.2 Å². The van der Waals surface area contributed by atoms with Gasteiger partial charge in [0.15, 0.2) is 0 Å². The fourth-order valence-corrected chi connectivity index (χ4v) is 12.3. The van der Waals surface area contributed by atoms with Crippen molar-refractivity contribution in [1.29, 1.82) is 0 Å². The molecule has 0 bridgehead atoms. The summed E-state index contributed by atoms with van der Waals surface area (Å²) in [6, 6.07) is 115. The monoisotopic (exact) mass is 1030 g/mol. The molecule has 1 aromatic heterocycles. The third-order valence-corrected chi connectivity index (χ3v) is 16.2. The van der Waals surface area contributed by atoms with Crippen LogP contribution >= 0.6 is 0 Å². The highest BCUT2D eigenvalue weighted by Gasteiger charge is 2.19. The van der Waals surface area contributed by atoms with E-state index in [2.05, 4.69) is 315 Å². The first-order chi connectivity index (χ1) is 40.1. The van der Waals surface area contributed by atoms with Crippen LogP contribution in [0.2, 0.25) is 0 Å². The average molecular weight is 1030 g/mol. The highest BCUT2D eigenvalue weighted by atomic mass is 16.3. The molecule has 14 aromatic carbocycles. The lowest BCUT2D eigenvalue weighted by Gasteiger charge is -2.15. The second-order valence-corrected chi connectivity index (χ2v) is 21.2. The summed E-state index contributed by atoms with van der Waals surface area (Å²) in [6.07, 6.45) is 0. The minimum atomic E-state index is 0.845. The van der Waals surface area contributed by atoms with Crippen molar-refractivity contribution in [2.45, 2.75) is 0 Å². The average Bonchev–Trinajstić information content (AvgIpc) is 3.72. The van der Waals surface area contributed by atoms with Crippen LogP contribution in [0.5, 0.6) is 0 Å². The van der Waals surface area contributed by atoms with Crippen molar-refractivity contribution in [2.75, 3.05) is 0 Å². The van der Waals surface area contributed by atoms with Crippen LogP contribution in [0.25, 0.3) is 155 Å². The molecule has 0 N–H and O–H groups in total. The molecule has 15 rings (SSSR count). The Balaban J connectivity index is 0.911. The van der Waals surface area contributed by atoms with Gasteiger partial charge in [0.2, 0.25) is 0 Å². The molecule has 0 saturated heterocycles. The van der Waals surface area contributed by atoms with Crippen LogP contribution in [0.3, 0.4) is 0 Å². The maximum Gasteiger partial charge on any atom is 0.135 e. The predicted octanol–water partition coefficient (Wildman–Crippen LogP) is 22.6. The van der Waals surface area contributed by atoms with Gasteiger partial charge in [0.05, 0.1) is 0 Å². The second-order valence-electron chi connectivity index (χ2n) is 21.2. The van der Waals surface area contributed by atoms with Gasteiger partial charge in [-0.25, -0.2) is 0 Å². The minimum absolute atomic E-state index is 0.845. The van der Waals surface area contributed by atoms with Crippen molar-refractivity contribution in [3.05, 3.63) is 315 Å². The van der Waals surface area contributed by atoms with E-state index in [-0.39, 0.29) is 0 Å². The lowest BCUT2D eigenvalue weighted by molar-refractivity contribution is 0.664. The summed E-state index contributed by atoms with van der Waals surface area (Å²) in [4.78, 5) is 0. The number of hydrogen-bond donors (Lipinski definition) is 0. The Hall–Kier alpha value is -10.6. The van der Waals surface area contributed by atoms with Crippen molar-refractivity contribution in [2.24, 2.45) is 0 Å². The van der Waals surface area contributed by atoms with Crippen molar-refractivity contribution >= 4 is 43.5 Å². The Morgan fingerprint density at radius 3 is 0.667 bits per heavy atom. The molecule has 81 heavy (non-hydrogen) atoms. The molecule has 1 nitrogen and oxygen atoms in total. The molecule has 0 spiro atoms. The summed E-state index contributed by atoms with van der Waals surface area (Å²) in [5, 5.41) is 6.79. The van der Waals surface area contributed by atoms with Crippen molar-refractivity contribution < 1.29 is 4.42 Å². The maximum atomic E-state index is 7.22. The first-order valence-electron chi connectivity index (χ1n) is 27.9. The third kappa shape index (κ3) is 8.98. The van der Waals surface area contributed by atoms with Crippen LogP contribution in [0.1, 0.15) is 0 Å². The molecule has 0 amide bonds. The van der Waals surface area contributed by atoms with E-state index < -0.39 is 0 Å². The summed E-state index contributed by atoms with van der Waals surface area (Å²) in [7, 11) is 0. The minimum Gasteiger partial charge on any atom is -0.456 e. The van der Waals surface area contributed by atoms with Crippen LogP contribution in [0.15, 0.2) is 320 Å². The number of rotatable bonds is 10. The van der Waals surface area contributed by atoms with Gasteiger partial charge >= 0.3 is 0 Å². The van der Waals surface area contributed by atoms with Gasteiger partial charge < -0.3 is 4.42 Å². The van der Waals surface area contributed by atoms with E-state index in [1.165, 1.54) is 66.8 Å². The Labute approximate surface area is 472 Å². The van der Waals surface area contributed by atoms with Crippen LogP contribution in [-0.2, 0) is 0 Å². The third-order valence-electron chi connectivity index (χ3n) is 16.2. The summed E-state index contributed by atoms with van der Waals surface area (Å²) in [5.74, 6) is 0. The number of hydrogen-bond acceptors (Lipinski definition) is 1. The molecule has 0 atom stereocenters.